The van der Waals surface area contributed by atoms with E-state index in [9.17, 15) is 4.79 Å². The standard InChI is InChI=1S/C18H23N3O2S/c1-23-15-6-8-16(9-7-15)24-13-11-18(22)20-17-10-12-19-21(17)14-4-2-3-5-14/h6-10,12,14H,2-5,11,13H2,1H3,(H,20,22). The minimum Gasteiger partial charge on any atom is -0.497 e. The van der Waals surface area contributed by atoms with Crippen molar-refractivity contribution in [3.05, 3.63) is 36.5 Å². The molecule has 128 valence electrons. The number of aromatic nitrogens is 2. The van der Waals surface area contributed by atoms with Crippen LogP contribution in [0, 0.1) is 0 Å². The van der Waals surface area contributed by atoms with E-state index in [2.05, 4.69) is 10.4 Å². The SMILES string of the molecule is COc1ccc(SCCC(=O)Nc2ccnn2C2CCCC2)cc1. The molecule has 0 saturated heterocycles. The van der Waals surface area contributed by atoms with Gasteiger partial charge in [-0.25, -0.2) is 4.68 Å². The van der Waals surface area contributed by atoms with Gasteiger partial charge in [0.25, 0.3) is 0 Å². The van der Waals surface area contributed by atoms with E-state index in [4.69, 9.17) is 4.74 Å². The summed E-state index contributed by atoms with van der Waals surface area (Å²) in [6.07, 6.45) is 7.04. The smallest absolute Gasteiger partial charge is 0.226 e. The Balaban J connectivity index is 1.46. The highest BCUT2D eigenvalue weighted by Crippen LogP contribution is 2.31. The van der Waals surface area contributed by atoms with Gasteiger partial charge in [0.1, 0.15) is 11.6 Å². The molecule has 6 heteroatoms. The summed E-state index contributed by atoms with van der Waals surface area (Å²) in [5, 5.41) is 7.38. The van der Waals surface area contributed by atoms with Gasteiger partial charge >= 0.3 is 0 Å². The second-order valence-corrected chi connectivity index (χ2v) is 7.09. The number of benzene rings is 1. The Labute approximate surface area is 146 Å². The zero-order valence-corrected chi connectivity index (χ0v) is 14.7. The summed E-state index contributed by atoms with van der Waals surface area (Å²) in [6, 6.07) is 10.2. The molecule has 5 nitrogen and oxygen atoms in total. The van der Waals surface area contributed by atoms with Crippen molar-refractivity contribution in [2.45, 2.75) is 43.0 Å². The third kappa shape index (κ3) is 4.32. The number of nitrogens with zero attached hydrogens (tertiary/aromatic N) is 2. The first-order valence-electron chi connectivity index (χ1n) is 8.36. The van der Waals surface area contributed by atoms with E-state index in [1.54, 1.807) is 25.1 Å². The van der Waals surface area contributed by atoms with E-state index < -0.39 is 0 Å². The fraction of sp³-hybridized carbons (Fsp3) is 0.444. The Bertz CT molecular complexity index is 663. The molecule has 1 N–H and O–H groups in total. The Kier molecular flexibility index (Phi) is 5.80. The zero-order chi connectivity index (χ0) is 16.8. The molecule has 1 aromatic carbocycles. The topological polar surface area (TPSA) is 56.1 Å². The summed E-state index contributed by atoms with van der Waals surface area (Å²) in [5.41, 5.74) is 0. The van der Waals surface area contributed by atoms with Crippen LogP contribution in [0.4, 0.5) is 5.82 Å². The van der Waals surface area contributed by atoms with Crippen LogP contribution in [0.1, 0.15) is 38.1 Å². The summed E-state index contributed by atoms with van der Waals surface area (Å²) in [4.78, 5) is 13.3. The Morgan fingerprint density at radius 1 is 1.29 bits per heavy atom. The number of rotatable bonds is 7. The Hall–Kier alpha value is -1.95. The van der Waals surface area contributed by atoms with Crippen molar-refractivity contribution in [3.8, 4) is 5.75 Å². The van der Waals surface area contributed by atoms with Crippen LogP contribution in [0.3, 0.4) is 0 Å². The van der Waals surface area contributed by atoms with Gasteiger partial charge in [-0.2, -0.15) is 5.10 Å². The molecule has 0 unspecified atom stereocenters. The van der Waals surface area contributed by atoms with Crippen LogP contribution < -0.4 is 10.1 Å². The average molecular weight is 345 g/mol. The van der Waals surface area contributed by atoms with Crippen molar-refractivity contribution in [2.24, 2.45) is 0 Å². The van der Waals surface area contributed by atoms with Gasteiger partial charge in [0.05, 0.1) is 19.3 Å². The maximum absolute atomic E-state index is 12.2. The fourth-order valence-corrected chi connectivity index (χ4v) is 3.84. The van der Waals surface area contributed by atoms with Crippen LogP contribution in [0.15, 0.2) is 41.4 Å². The van der Waals surface area contributed by atoms with Gasteiger partial charge in [-0.3, -0.25) is 4.79 Å². The molecule has 0 bridgehead atoms. The number of anilines is 1. The minimum atomic E-state index is 0.0377. The Morgan fingerprint density at radius 3 is 2.75 bits per heavy atom. The first kappa shape index (κ1) is 16.9. The van der Waals surface area contributed by atoms with Crippen molar-refractivity contribution in [2.75, 3.05) is 18.2 Å². The predicted octanol–water partition coefficient (Wildman–Crippen LogP) is 4.13. The summed E-state index contributed by atoms with van der Waals surface area (Å²) in [7, 11) is 1.66. The number of carbonyl (C=O) groups is 1. The Morgan fingerprint density at radius 2 is 2.04 bits per heavy atom. The fourth-order valence-electron chi connectivity index (χ4n) is 2.99. The molecule has 1 fully saturated rings. The number of ether oxygens (including phenoxy) is 1. The maximum Gasteiger partial charge on any atom is 0.226 e. The summed E-state index contributed by atoms with van der Waals surface area (Å²) in [6.45, 7) is 0. The van der Waals surface area contributed by atoms with Gasteiger partial charge in [0.2, 0.25) is 5.91 Å². The van der Waals surface area contributed by atoms with Crippen LogP contribution >= 0.6 is 11.8 Å². The van der Waals surface area contributed by atoms with E-state index in [0.29, 0.717) is 12.5 Å². The first-order valence-corrected chi connectivity index (χ1v) is 9.35. The molecule has 0 spiro atoms. The number of methoxy groups -OCH3 is 1. The molecule has 1 aromatic heterocycles. The molecule has 2 aromatic rings. The molecule has 1 aliphatic rings. The second-order valence-electron chi connectivity index (χ2n) is 5.92. The van der Waals surface area contributed by atoms with E-state index in [1.807, 2.05) is 35.0 Å². The third-order valence-electron chi connectivity index (χ3n) is 4.27. The molecule has 0 atom stereocenters. The first-order chi connectivity index (χ1) is 11.8. The molecule has 1 saturated carbocycles. The summed E-state index contributed by atoms with van der Waals surface area (Å²) < 4.78 is 7.12. The highest BCUT2D eigenvalue weighted by atomic mass is 32.2. The van der Waals surface area contributed by atoms with Crippen molar-refractivity contribution < 1.29 is 9.53 Å². The van der Waals surface area contributed by atoms with Crippen LogP contribution in [0.2, 0.25) is 0 Å². The molecule has 1 heterocycles. The molecule has 1 amide bonds. The number of hydrogen-bond donors (Lipinski definition) is 1. The van der Waals surface area contributed by atoms with Crippen LogP contribution in [-0.4, -0.2) is 28.6 Å². The lowest BCUT2D eigenvalue weighted by atomic mass is 10.2. The number of amides is 1. The van der Waals surface area contributed by atoms with Crippen molar-refractivity contribution >= 4 is 23.5 Å². The van der Waals surface area contributed by atoms with E-state index in [0.717, 1.165) is 35.1 Å². The van der Waals surface area contributed by atoms with E-state index in [1.165, 1.54) is 12.8 Å². The van der Waals surface area contributed by atoms with Crippen molar-refractivity contribution in [3.63, 3.8) is 0 Å². The number of thioether (sulfide) groups is 1. The van der Waals surface area contributed by atoms with Crippen molar-refractivity contribution in [1.82, 2.24) is 9.78 Å². The van der Waals surface area contributed by atoms with Crippen LogP contribution in [0.25, 0.3) is 0 Å². The lowest BCUT2D eigenvalue weighted by Gasteiger charge is -2.14. The van der Waals surface area contributed by atoms with Gasteiger partial charge in [0.15, 0.2) is 0 Å². The number of carbonyl (C=O) groups excluding carboxylic acids is 1. The van der Waals surface area contributed by atoms with E-state index >= 15 is 0 Å². The van der Waals surface area contributed by atoms with Gasteiger partial charge in [0, 0.05) is 23.1 Å². The summed E-state index contributed by atoms with van der Waals surface area (Å²) in [5.74, 6) is 2.45. The van der Waals surface area contributed by atoms with Gasteiger partial charge in [-0.1, -0.05) is 12.8 Å². The molecular formula is C18H23N3O2S. The van der Waals surface area contributed by atoms with Gasteiger partial charge in [-0.05, 0) is 37.1 Å². The monoisotopic (exact) mass is 345 g/mol. The van der Waals surface area contributed by atoms with E-state index in [-0.39, 0.29) is 5.91 Å². The average Bonchev–Trinajstić information content (AvgIpc) is 3.26. The zero-order valence-electron chi connectivity index (χ0n) is 13.9. The number of nitrogens with one attached hydrogen (secondary N) is 1. The third-order valence-corrected chi connectivity index (χ3v) is 5.28. The lowest BCUT2D eigenvalue weighted by Crippen LogP contribution is -2.17. The molecule has 3 rings (SSSR count). The minimum absolute atomic E-state index is 0.0377. The predicted molar refractivity (Wildman–Crippen MR) is 96.7 cm³/mol. The molecule has 24 heavy (non-hydrogen) atoms. The molecule has 0 radical (unpaired) electrons. The quantitative estimate of drug-likeness (QED) is 0.767. The summed E-state index contributed by atoms with van der Waals surface area (Å²) >= 11 is 1.67. The largest absolute Gasteiger partial charge is 0.497 e. The van der Waals surface area contributed by atoms with Gasteiger partial charge in [-0.15, -0.1) is 11.8 Å². The van der Waals surface area contributed by atoms with Crippen molar-refractivity contribution in [1.29, 1.82) is 0 Å². The number of hydrogen-bond acceptors (Lipinski definition) is 4. The highest BCUT2D eigenvalue weighted by molar-refractivity contribution is 7.99. The normalized spacial score (nSPS) is 14.7. The van der Waals surface area contributed by atoms with Crippen LogP contribution in [0.5, 0.6) is 5.75 Å². The maximum atomic E-state index is 12.2. The lowest BCUT2D eigenvalue weighted by molar-refractivity contribution is -0.115. The van der Waals surface area contributed by atoms with Crippen LogP contribution in [-0.2, 0) is 4.79 Å². The second kappa shape index (κ2) is 8.24. The molecule has 1 aliphatic carbocycles. The molecular weight excluding hydrogens is 322 g/mol. The highest BCUT2D eigenvalue weighted by Gasteiger charge is 2.20. The molecule has 0 aliphatic heterocycles. The van der Waals surface area contributed by atoms with Gasteiger partial charge < -0.3 is 10.1 Å².